The SMILES string of the molecule is O=C(NCC1CCCC(C(=O)N2CCC(C(=O)O)C2)C1)OCC1c2ccccc2-c2ccccc21. The number of rotatable bonds is 6. The van der Waals surface area contributed by atoms with Crippen LogP contribution in [0.5, 0.6) is 0 Å². The number of hydrogen-bond donors (Lipinski definition) is 2. The first-order valence-corrected chi connectivity index (χ1v) is 12.6. The van der Waals surface area contributed by atoms with Crippen LogP contribution >= 0.6 is 0 Å². The Hall–Kier alpha value is -3.35. The van der Waals surface area contributed by atoms with Gasteiger partial charge in [0.15, 0.2) is 0 Å². The Labute approximate surface area is 205 Å². The molecule has 35 heavy (non-hydrogen) atoms. The molecule has 0 radical (unpaired) electrons. The topological polar surface area (TPSA) is 95.9 Å². The van der Waals surface area contributed by atoms with Crippen LogP contribution < -0.4 is 5.32 Å². The summed E-state index contributed by atoms with van der Waals surface area (Å²) in [5, 5.41) is 12.1. The first-order chi connectivity index (χ1) is 17.0. The van der Waals surface area contributed by atoms with Gasteiger partial charge < -0.3 is 20.1 Å². The van der Waals surface area contributed by atoms with Crippen molar-refractivity contribution < 1.29 is 24.2 Å². The van der Waals surface area contributed by atoms with Gasteiger partial charge in [-0.3, -0.25) is 9.59 Å². The summed E-state index contributed by atoms with van der Waals surface area (Å²) in [7, 11) is 0. The first-order valence-electron chi connectivity index (χ1n) is 12.6. The van der Waals surface area contributed by atoms with E-state index in [4.69, 9.17) is 4.74 Å². The van der Waals surface area contributed by atoms with E-state index in [1.165, 1.54) is 22.3 Å². The normalized spacial score (nSPS) is 23.4. The number of carbonyl (C=O) groups excluding carboxylic acids is 2. The molecule has 1 saturated heterocycles. The van der Waals surface area contributed by atoms with E-state index in [0.29, 0.717) is 26.1 Å². The minimum absolute atomic E-state index is 0.0277. The predicted octanol–water partition coefficient (Wildman–Crippen LogP) is 4.26. The van der Waals surface area contributed by atoms with Crippen molar-refractivity contribution in [1.82, 2.24) is 10.2 Å². The van der Waals surface area contributed by atoms with E-state index >= 15 is 0 Å². The molecule has 7 heteroatoms. The van der Waals surface area contributed by atoms with Gasteiger partial charge in [0.25, 0.3) is 0 Å². The van der Waals surface area contributed by atoms with Crippen LogP contribution in [-0.2, 0) is 14.3 Å². The van der Waals surface area contributed by atoms with Gasteiger partial charge in [-0.1, -0.05) is 55.0 Å². The highest BCUT2D eigenvalue weighted by molar-refractivity contribution is 5.81. The van der Waals surface area contributed by atoms with E-state index in [0.717, 1.165) is 25.7 Å². The molecule has 0 bridgehead atoms. The predicted molar refractivity (Wildman–Crippen MR) is 131 cm³/mol. The third-order valence-electron chi connectivity index (χ3n) is 7.86. The molecule has 2 N–H and O–H groups in total. The number of likely N-dealkylation sites (tertiary alicyclic amines) is 1. The van der Waals surface area contributed by atoms with E-state index in [1.807, 2.05) is 24.3 Å². The van der Waals surface area contributed by atoms with Gasteiger partial charge in [0.1, 0.15) is 6.61 Å². The highest BCUT2D eigenvalue weighted by Crippen LogP contribution is 2.44. The van der Waals surface area contributed by atoms with Crippen molar-refractivity contribution in [2.24, 2.45) is 17.8 Å². The minimum Gasteiger partial charge on any atom is -0.481 e. The number of amides is 2. The molecule has 1 heterocycles. The van der Waals surface area contributed by atoms with Crippen molar-refractivity contribution >= 4 is 18.0 Å². The lowest BCUT2D eigenvalue weighted by molar-refractivity contribution is -0.141. The summed E-state index contributed by atoms with van der Waals surface area (Å²) in [4.78, 5) is 38.4. The number of carboxylic acid groups (broad SMARTS) is 1. The number of alkyl carbamates (subject to hydrolysis) is 1. The van der Waals surface area contributed by atoms with E-state index in [-0.39, 0.29) is 30.3 Å². The lowest BCUT2D eigenvalue weighted by Crippen LogP contribution is -2.39. The van der Waals surface area contributed by atoms with Crippen molar-refractivity contribution in [1.29, 1.82) is 0 Å². The van der Waals surface area contributed by atoms with Crippen molar-refractivity contribution in [3.63, 3.8) is 0 Å². The number of hydrogen-bond acceptors (Lipinski definition) is 4. The van der Waals surface area contributed by atoms with Crippen LogP contribution in [0.15, 0.2) is 48.5 Å². The van der Waals surface area contributed by atoms with Crippen LogP contribution in [0, 0.1) is 17.8 Å². The molecule has 2 amide bonds. The minimum atomic E-state index is -0.825. The van der Waals surface area contributed by atoms with Crippen molar-refractivity contribution in [3.05, 3.63) is 59.7 Å². The molecule has 184 valence electrons. The molecule has 5 rings (SSSR count). The Morgan fingerprint density at radius 2 is 1.63 bits per heavy atom. The number of nitrogens with zero attached hydrogens (tertiary/aromatic N) is 1. The van der Waals surface area contributed by atoms with Crippen molar-refractivity contribution in [2.75, 3.05) is 26.2 Å². The van der Waals surface area contributed by atoms with Gasteiger partial charge in [-0.15, -0.1) is 0 Å². The molecule has 0 aromatic heterocycles. The Kier molecular flexibility index (Phi) is 6.75. The molecule has 2 aromatic carbocycles. The summed E-state index contributed by atoms with van der Waals surface area (Å²) < 4.78 is 5.64. The van der Waals surface area contributed by atoms with Gasteiger partial charge in [-0.25, -0.2) is 4.79 Å². The van der Waals surface area contributed by atoms with Gasteiger partial charge in [0.2, 0.25) is 5.91 Å². The number of benzene rings is 2. The number of aliphatic carboxylic acids is 1. The Balaban J connectivity index is 1.11. The smallest absolute Gasteiger partial charge is 0.407 e. The third-order valence-corrected chi connectivity index (χ3v) is 7.86. The van der Waals surface area contributed by atoms with Crippen LogP contribution in [0.25, 0.3) is 11.1 Å². The lowest BCUT2D eigenvalue weighted by atomic mass is 9.80. The van der Waals surface area contributed by atoms with Crippen LogP contribution in [0.4, 0.5) is 4.79 Å². The summed E-state index contributed by atoms with van der Waals surface area (Å²) in [5.41, 5.74) is 4.76. The van der Waals surface area contributed by atoms with Gasteiger partial charge in [-0.2, -0.15) is 0 Å². The fraction of sp³-hybridized carbons (Fsp3) is 0.464. The Bertz CT molecular complexity index is 1070. The molecule has 2 aliphatic carbocycles. The fourth-order valence-electron chi connectivity index (χ4n) is 6.00. The zero-order valence-electron chi connectivity index (χ0n) is 19.8. The molecular weight excluding hydrogens is 444 g/mol. The maximum absolute atomic E-state index is 12.9. The average molecular weight is 477 g/mol. The highest BCUT2D eigenvalue weighted by atomic mass is 16.5. The zero-order chi connectivity index (χ0) is 24.4. The van der Waals surface area contributed by atoms with Crippen LogP contribution in [-0.4, -0.2) is 54.2 Å². The third kappa shape index (κ3) is 4.90. The second-order valence-corrected chi connectivity index (χ2v) is 10.0. The van der Waals surface area contributed by atoms with Gasteiger partial charge in [0.05, 0.1) is 5.92 Å². The van der Waals surface area contributed by atoms with Gasteiger partial charge in [0, 0.05) is 31.5 Å². The summed E-state index contributed by atoms with van der Waals surface area (Å²) >= 11 is 0. The van der Waals surface area contributed by atoms with E-state index in [9.17, 15) is 19.5 Å². The summed E-state index contributed by atoms with van der Waals surface area (Å²) in [6, 6.07) is 16.5. The Morgan fingerprint density at radius 1 is 0.943 bits per heavy atom. The van der Waals surface area contributed by atoms with Gasteiger partial charge >= 0.3 is 12.1 Å². The molecule has 7 nitrogen and oxygen atoms in total. The van der Waals surface area contributed by atoms with Gasteiger partial charge in [-0.05, 0) is 53.9 Å². The molecule has 1 aliphatic heterocycles. The van der Waals surface area contributed by atoms with Crippen molar-refractivity contribution in [3.8, 4) is 11.1 Å². The standard InChI is InChI=1S/C28H32N2O5/c31-26(30-13-12-20(16-30)27(32)33)19-7-5-6-18(14-19)15-29-28(34)35-17-25-23-10-3-1-8-21(23)22-9-2-4-11-24(22)25/h1-4,8-11,18-20,25H,5-7,12-17H2,(H,29,34)(H,32,33). The maximum atomic E-state index is 12.9. The van der Waals surface area contributed by atoms with Crippen LogP contribution in [0.1, 0.15) is 49.1 Å². The molecule has 3 aliphatic rings. The Morgan fingerprint density at radius 3 is 2.29 bits per heavy atom. The summed E-state index contributed by atoms with van der Waals surface area (Å²) in [6.45, 7) is 1.60. The average Bonchev–Trinajstić information content (AvgIpc) is 3.50. The molecule has 2 fully saturated rings. The van der Waals surface area contributed by atoms with Crippen LogP contribution in [0.2, 0.25) is 0 Å². The second kappa shape index (κ2) is 10.1. The molecule has 3 atom stereocenters. The summed E-state index contributed by atoms with van der Waals surface area (Å²) in [5.74, 6) is -1.05. The number of carbonyl (C=O) groups is 3. The lowest BCUT2D eigenvalue weighted by Gasteiger charge is -2.31. The zero-order valence-corrected chi connectivity index (χ0v) is 19.8. The first kappa shape index (κ1) is 23.4. The summed E-state index contributed by atoms with van der Waals surface area (Å²) in [6.07, 6.45) is 3.55. The largest absolute Gasteiger partial charge is 0.481 e. The molecular formula is C28H32N2O5. The molecule has 0 spiro atoms. The fourth-order valence-corrected chi connectivity index (χ4v) is 6.00. The van der Waals surface area contributed by atoms with E-state index in [1.54, 1.807) is 4.90 Å². The van der Waals surface area contributed by atoms with E-state index < -0.39 is 18.0 Å². The number of nitrogens with one attached hydrogen (secondary N) is 1. The number of carboxylic acids is 1. The van der Waals surface area contributed by atoms with Crippen LogP contribution in [0.3, 0.4) is 0 Å². The molecule has 2 aromatic rings. The number of ether oxygens (including phenoxy) is 1. The highest BCUT2D eigenvalue weighted by Gasteiger charge is 2.36. The molecule has 1 saturated carbocycles. The monoisotopic (exact) mass is 476 g/mol. The molecule has 3 unspecified atom stereocenters. The quantitative estimate of drug-likeness (QED) is 0.649. The maximum Gasteiger partial charge on any atom is 0.407 e. The second-order valence-electron chi connectivity index (χ2n) is 10.0. The van der Waals surface area contributed by atoms with Crippen molar-refractivity contribution in [2.45, 2.75) is 38.0 Å². The number of fused-ring (bicyclic) bond motifs is 3. The van der Waals surface area contributed by atoms with E-state index in [2.05, 4.69) is 29.6 Å².